The topological polar surface area (TPSA) is 15.3 Å². The quantitative estimate of drug-likeness (QED) is 0.746. The van der Waals surface area contributed by atoms with E-state index in [1.807, 2.05) is 0 Å². The third kappa shape index (κ3) is 3.96. The lowest BCUT2D eigenvalue weighted by molar-refractivity contribution is 0.104. The first-order valence-electron chi connectivity index (χ1n) is 7.91. The molecule has 0 aromatic carbocycles. The van der Waals surface area contributed by atoms with Gasteiger partial charge in [0.2, 0.25) is 0 Å². The van der Waals surface area contributed by atoms with Crippen molar-refractivity contribution in [3.8, 4) is 0 Å². The van der Waals surface area contributed by atoms with E-state index in [4.69, 9.17) is 0 Å². The van der Waals surface area contributed by atoms with Crippen LogP contribution in [0.15, 0.2) is 0 Å². The van der Waals surface area contributed by atoms with Crippen LogP contribution in [0.25, 0.3) is 0 Å². The van der Waals surface area contributed by atoms with Crippen LogP contribution in [-0.2, 0) is 0 Å². The Morgan fingerprint density at radius 3 is 2.50 bits per heavy atom. The van der Waals surface area contributed by atoms with Crippen LogP contribution < -0.4 is 5.32 Å². The lowest BCUT2D eigenvalue weighted by Gasteiger charge is -2.40. The molecule has 0 aromatic heterocycles. The molecule has 1 aliphatic rings. The lowest BCUT2D eigenvalue weighted by Crippen LogP contribution is -2.49. The fraction of sp³-hybridized carbons (Fsp3) is 1.00. The summed E-state index contributed by atoms with van der Waals surface area (Å²) in [6.45, 7) is 16.5. The van der Waals surface area contributed by atoms with Gasteiger partial charge in [0, 0.05) is 24.7 Å². The van der Waals surface area contributed by atoms with E-state index in [0.717, 1.165) is 18.6 Å². The summed E-state index contributed by atoms with van der Waals surface area (Å²) in [5.74, 6) is 0. The largest absolute Gasteiger partial charge is 0.314 e. The van der Waals surface area contributed by atoms with Crippen LogP contribution in [0.3, 0.4) is 0 Å². The Bertz CT molecular complexity index is 237. The molecule has 0 bridgehead atoms. The van der Waals surface area contributed by atoms with Gasteiger partial charge in [0.1, 0.15) is 0 Å². The molecule has 1 N–H and O–H groups in total. The second-order valence-electron chi connectivity index (χ2n) is 6.83. The number of hydrogen-bond donors (Lipinski definition) is 1. The highest BCUT2D eigenvalue weighted by Gasteiger charge is 2.35. The molecular formula is C16H34N2. The van der Waals surface area contributed by atoms with E-state index in [9.17, 15) is 0 Å². The fourth-order valence-electron chi connectivity index (χ4n) is 3.09. The molecule has 0 spiro atoms. The maximum absolute atomic E-state index is 3.67. The molecule has 0 aromatic rings. The third-order valence-electron chi connectivity index (χ3n) is 4.89. The Balaban J connectivity index is 2.57. The summed E-state index contributed by atoms with van der Waals surface area (Å²) in [5, 5.41) is 3.67. The summed E-state index contributed by atoms with van der Waals surface area (Å²) >= 11 is 0. The van der Waals surface area contributed by atoms with Crippen molar-refractivity contribution >= 4 is 0 Å². The molecule has 2 nitrogen and oxygen atoms in total. The van der Waals surface area contributed by atoms with E-state index >= 15 is 0 Å². The van der Waals surface area contributed by atoms with E-state index in [1.54, 1.807) is 0 Å². The Morgan fingerprint density at radius 2 is 1.94 bits per heavy atom. The molecule has 0 amide bonds. The molecular weight excluding hydrogens is 220 g/mol. The zero-order valence-corrected chi connectivity index (χ0v) is 13.4. The standard InChI is InChI=1S/C16H34N2/c1-7-11-17-14(4)16(5,6)12-18-13(3)9-10-15(18)8-2/h13-15,17H,7-12H2,1-6H3. The summed E-state index contributed by atoms with van der Waals surface area (Å²) in [7, 11) is 0. The average Bonchev–Trinajstić information content (AvgIpc) is 2.67. The van der Waals surface area contributed by atoms with Gasteiger partial charge >= 0.3 is 0 Å². The van der Waals surface area contributed by atoms with Crippen molar-refractivity contribution < 1.29 is 0 Å². The monoisotopic (exact) mass is 254 g/mol. The molecule has 2 heteroatoms. The van der Waals surface area contributed by atoms with Gasteiger partial charge in [-0.05, 0) is 51.5 Å². The van der Waals surface area contributed by atoms with Gasteiger partial charge in [-0.1, -0.05) is 27.7 Å². The van der Waals surface area contributed by atoms with Crippen molar-refractivity contribution in [2.45, 2.75) is 85.4 Å². The van der Waals surface area contributed by atoms with Crippen LogP contribution in [0.2, 0.25) is 0 Å². The SMILES string of the molecule is CCCNC(C)C(C)(C)CN1C(C)CCC1CC. The Labute approximate surface area is 115 Å². The van der Waals surface area contributed by atoms with Crippen molar-refractivity contribution in [1.82, 2.24) is 10.2 Å². The van der Waals surface area contributed by atoms with Gasteiger partial charge in [0.05, 0.1) is 0 Å². The minimum Gasteiger partial charge on any atom is -0.314 e. The maximum atomic E-state index is 3.67. The predicted molar refractivity (Wildman–Crippen MR) is 81.0 cm³/mol. The number of rotatable bonds is 7. The zero-order valence-electron chi connectivity index (χ0n) is 13.4. The first-order chi connectivity index (χ1) is 8.42. The van der Waals surface area contributed by atoms with E-state index < -0.39 is 0 Å². The van der Waals surface area contributed by atoms with Gasteiger partial charge in [-0.15, -0.1) is 0 Å². The summed E-state index contributed by atoms with van der Waals surface area (Å²) in [4.78, 5) is 2.75. The van der Waals surface area contributed by atoms with Crippen molar-refractivity contribution in [2.75, 3.05) is 13.1 Å². The molecule has 1 aliphatic heterocycles. The number of nitrogens with zero attached hydrogens (tertiary/aromatic N) is 1. The van der Waals surface area contributed by atoms with Crippen molar-refractivity contribution in [3.05, 3.63) is 0 Å². The maximum Gasteiger partial charge on any atom is 0.0102 e. The van der Waals surface area contributed by atoms with Gasteiger partial charge in [-0.2, -0.15) is 0 Å². The molecule has 0 aliphatic carbocycles. The first kappa shape index (κ1) is 16.0. The molecule has 1 saturated heterocycles. The number of hydrogen-bond acceptors (Lipinski definition) is 2. The van der Waals surface area contributed by atoms with Crippen molar-refractivity contribution in [1.29, 1.82) is 0 Å². The second kappa shape index (κ2) is 6.91. The summed E-state index contributed by atoms with van der Waals surface area (Å²) in [6, 6.07) is 2.17. The molecule has 108 valence electrons. The molecule has 1 heterocycles. The minimum atomic E-state index is 0.348. The minimum absolute atomic E-state index is 0.348. The fourth-order valence-corrected chi connectivity index (χ4v) is 3.09. The number of nitrogens with one attached hydrogen (secondary N) is 1. The Hall–Kier alpha value is -0.0800. The normalized spacial score (nSPS) is 27.7. The number of likely N-dealkylation sites (tertiary alicyclic amines) is 1. The van der Waals surface area contributed by atoms with Crippen LogP contribution in [0.1, 0.15) is 67.2 Å². The molecule has 3 atom stereocenters. The van der Waals surface area contributed by atoms with Crippen LogP contribution in [-0.4, -0.2) is 36.1 Å². The van der Waals surface area contributed by atoms with Gasteiger partial charge < -0.3 is 5.32 Å². The highest BCUT2D eigenvalue weighted by atomic mass is 15.2. The molecule has 3 unspecified atom stereocenters. The lowest BCUT2D eigenvalue weighted by atomic mass is 9.84. The predicted octanol–water partition coefficient (Wildman–Crippen LogP) is 3.66. The highest BCUT2D eigenvalue weighted by Crippen LogP contribution is 2.31. The molecule has 1 fully saturated rings. The van der Waals surface area contributed by atoms with Crippen molar-refractivity contribution in [3.63, 3.8) is 0 Å². The van der Waals surface area contributed by atoms with E-state index in [0.29, 0.717) is 11.5 Å². The van der Waals surface area contributed by atoms with Gasteiger partial charge in [0.25, 0.3) is 0 Å². The molecule has 0 saturated carbocycles. The summed E-state index contributed by atoms with van der Waals surface area (Å²) in [5.41, 5.74) is 0.348. The van der Waals surface area contributed by atoms with Crippen LogP contribution in [0.4, 0.5) is 0 Å². The van der Waals surface area contributed by atoms with Crippen molar-refractivity contribution in [2.24, 2.45) is 5.41 Å². The van der Waals surface area contributed by atoms with Crippen LogP contribution in [0.5, 0.6) is 0 Å². The summed E-state index contributed by atoms with van der Waals surface area (Å²) in [6.07, 6.45) is 5.30. The molecule has 1 rings (SSSR count). The Kier molecular flexibility index (Phi) is 6.13. The van der Waals surface area contributed by atoms with Crippen LogP contribution >= 0.6 is 0 Å². The average molecular weight is 254 g/mol. The van der Waals surface area contributed by atoms with E-state index in [2.05, 4.69) is 51.8 Å². The van der Waals surface area contributed by atoms with Gasteiger partial charge in [-0.3, -0.25) is 4.90 Å². The van der Waals surface area contributed by atoms with E-state index in [1.165, 1.54) is 32.2 Å². The molecule has 0 radical (unpaired) electrons. The second-order valence-corrected chi connectivity index (χ2v) is 6.83. The summed E-state index contributed by atoms with van der Waals surface area (Å²) < 4.78 is 0. The van der Waals surface area contributed by atoms with Gasteiger partial charge in [0.15, 0.2) is 0 Å². The molecule has 18 heavy (non-hydrogen) atoms. The van der Waals surface area contributed by atoms with Crippen LogP contribution in [0, 0.1) is 5.41 Å². The van der Waals surface area contributed by atoms with Gasteiger partial charge in [-0.25, -0.2) is 0 Å². The van der Waals surface area contributed by atoms with E-state index in [-0.39, 0.29) is 0 Å². The third-order valence-corrected chi connectivity index (χ3v) is 4.89. The highest BCUT2D eigenvalue weighted by molar-refractivity contribution is 4.91. The zero-order chi connectivity index (χ0) is 13.8. The first-order valence-corrected chi connectivity index (χ1v) is 7.91. The smallest absolute Gasteiger partial charge is 0.0102 e. The Morgan fingerprint density at radius 1 is 1.28 bits per heavy atom.